The molecule has 0 spiro atoms. The Balaban J connectivity index is 2.59. The largest absolute Gasteiger partial charge is 0.476 e. The number of nitrogens with one attached hydrogen (secondary N) is 1. The molecular formula is C15H16F3N3O2. The number of benzene rings is 1. The third-order valence-electron chi connectivity index (χ3n) is 3.26. The summed E-state index contributed by atoms with van der Waals surface area (Å²) < 4.78 is 39.7. The summed E-state index contributed by atoms with van der Waals surface area (Å²) in [5, 5.41) is 16.3. The van der Waals surface area contributed by atoms with Crippen LogP contribution < -0.4 is 5.32 Å². The molecule has 1 aromatic carbocycles. The topological polar surface area (TPSA) is 67.2 Å². The van der Waals surface area contributed by atoms with Crippen molar-refractivity contribution in [2.24, 2.45) is 7.05 Å². The number of hydrogen-bond donors (Lipinski definition) is 2. The summed E-state index contributed by atoms with van der Waals surface area (Å²) in [5.74, 6) is -1.20. The lowest BCUT2D eigenvalue weighted by molar-refractivity contribution is -0.137. The van der Waals surface area contributed by atoms with Crippen LogP contribution in [0.15, 0.2) is 24.3 Å². The highest BCUT2D eigenvalue weighted by atomic mass is 19.4. The van der Waals surface area contributed by atoms with Gasteiger partial charge in [0.2, 0.25) is 0 Å². The summed E-state index contributed by atoms with van der Waals surface area (Å²) in [4.78, 5) is 11.4. The van der Waals surface area contributed by atoms with Crippen LogP contribution in [-0.2, 0) is 13.2 Å². The highest BCUT2D eigenvalue weighted by Crippen LogP contribution is 2.35. The van der Waals surface area contributed by atoms with Crippen molar-refractivity contribution in [2.45, 2.75) is 19.5 Å². The monoisotopic (exact) mass is 327 g/mol. The average Bonchev–Trinajstić information content (AvgIpc) is 2.81. The smallest absolute Gasteiger partial charge is 0.416 e. The van der Waals surface area contributed by atoms with Crippen molar-refractivity contribution in [2.75, 3.05) is 11.9 Å². The van der Waals surface area contributed by atoms with Crippen molar-refractivity contribution in [1.29, 1.82) is 0 Å². The second kappa shape index (κ2) is 6.31. The summed E-state index contributed by atoms with van der Waals surface area (Å²) in [6.07, 6.45) is -3.74. The number of carboxylic acids is 1. The molecule has 23 heavy (non-hydrogen) atoms. The number of rotatable bonds is 5. The van der Waals surface area contributed by atoms with Gasteiger partial charge in [-0.25, -0.2) is 4.79 Å². The molecule has 2 aromatic rings. The van der Waals surface area contributed by atoms with Gasteiger partial charge in [-0.15, -0.1) is 0 Å². The number of alkyl halides is 3. The van der Waals surface area contributed by atoms with E-state index >= 15 is 0 Å². The van der Waals surface area contributed by atoms with E-state index in [1.807, 2.05) is 6.92 Å². The predicted molar refractivity (Wildman–Crippen MR) is 79.4 cm³/mol. The molecule has 0 saturated heterocycles. The van der Waals surface area contributed by atoms with Crippen molar-refractivity contribution in [3.63, 3.8) is 0 Å². The molecule has 8 heteroatoms. The molecule has 0 amide bonds. The zero-order chi connectivity index (χ0) is 17.2. The molecule has 0 atom stereocenters. The van der Waals surface area contributed by atoms with Gasteiger partial charge in [0.15, 0.2) is 5.69 Å². The number of nitrogens with zero attached hydrogens (tertiary/aromatic N) is 2. The maximum absolute atomic E-state index is 12.9. The number of carbonyl (C=O) groups is 1. The minimum atomic E-state index is -4.47. The molecule has 5 nitrogen and oxygen atoms in total. The zero-order valence-electron chi connectivity index (χ0n) is 12.6. The second-order valence-electron chi connectivity index (χ2n) is 5.01. The fourth-order valence-corrected chi connectivity index (χ4v) is 2.23. The lowest BCUT2D eigenvalue weighted by Crippen LogP contribution is -2.10. The van der Waals surface area contributed by atoms with E-state index in [1.54, 1.807) is 0 Å². The Morgan fingerprint density at radius 3 is 2.65 bits per heavy atom. The number of hydrogen-bond acceptors (Lipinski definition) is 3. The first-order valence-electron chi connectivity index (χ1n) is 6.97. The Morgan fingerprint density at radius 1 is 1.39 bits per heavy atom. The maximum atomic E-state index is 12.9. The molecule has 2 N–H and O–H groups in total. The third-order valence-corrected chi connectivity index (χ3v) is 3.26. The minimum Gasteiger partial charge on any atom is -0.476 e. The highest BCUT2D eigenvalue weighted by molar-refractivity contribution is 5.97. The normalized spacial score (nSPS) is 11.5. The van der Waals surface area contributed by atoms with Gasteiger partial charge in [-0.2, -0.15) is 18.3 Å². The fraction of sp³-hybridized carbons (Fsp3) is 0.333. The van der Waals surface area contributed by atoms with Crippen LogP contribution >= 0.6 is 0 Å². The van der Waals surface area contributed by atoms with Gasteiger partial charge in [-0.1, -0.05) is 19.1 Å². The van der Waals surface area contributed by atoms with Crippen LogP contribution in [0.4, 0.5) is 18.9 Å². The predicted octanol–water partition coefficient (Wildman–Crippen LogP) is 3.63. The van der Waals surface area contributed by atoms with Crippen molar-refractivity contribution in [1.82, 2.24) is 9.78 Å². The van der Waals surface area contributed by atoms with Crippen molar-refractivity contribution in [3.05, 3.63) is 35.5 Å². The Morgan fingerprint density at radius 2 is 2.09 bits per heavy atom. The molecule has 1 aromatic heterocycles. The van der Waals surface area contributed by atoms with Crippen LogP contribution in [0.2, 0.25) is 0 Å². The highest BCUT2D eigenvalue weighted by Gasteiger charge is 2.31. The van der Waals surface area contributed by atoms with E-state index in [-0.39, 0.29) is 22.6 Å². The van der Waals surface area contributed by atoms with Gasteiger partial charge in [0.1, 0.15) is 5.69 Å². The molecule has 0 saturated carbocycles. The molecule has 124 valence electrons. The second-order valence-corrected chi connectivity index (χ2v) is 5.01. The minimum absolute atomic E-state index is 0.0918. The molecule has 0 aliphatic heterocycles. The van der Waals surface area contributed by atoms with Crippen LogP contribution in [-0.4, -0.2) is 27.4 Å². The zero-order valence-corrected chi connectivity index (χ0v) is 12.6. The van der Waals surface area contributed by atoms with Crippen LogP contribution in [0, 0.1) is 0 Å². The summed E-state index contributed by atoms with van der Waals surface area (Å²) in [6, 6.07) is 4.67. The van der Waals surface area contributed by atoms with Crippen LogP contribution in [0.1, 0.15) is 29.4 Å². The van der Waals surface area contributed by atoms with Crippen LogP contribution in [0.25, 0.3) is 11.3 Å². The molecule has 0 aliphatic rings. The number of aromatic carboxylic acids is 1. The van der Waals surface area contributed by atoms with Gasteiger partial charge in [0.05, 0.1) is 11.3 Å². The number of aryl methyl sites for hydroxylation is 1. The number of anilines is 1. The van der Waals surface area contributed by atoms with E-state index in [1.165, 1.54) is 19.2 Å². The number of halogens is 3. The first-order chi connectivity index (χ1) is 10.8. The van der Waals surface area contributed by atoms with E-state index in [4.69, 9.17) is 0 Å². The lowest BCUT2D eigenvalue weighted by atomic mass is 10.1. The first kappa shape index (κ1) is 16.9. The van der Waals surface area contributed by atoms with Crippen molar-refractivity contribution < 1.29 is 23.1 Å². The van der Waals surface area contributed by atoms with E-state index in [0.29, 0.717) is 6.54 Å². The number of aromatic nitrogens is 2. The van der Waals surface area contributed by atoms with E-state index < -0.39 is 17.7 Å². The van der Waals surface area contributed by atoms with Crippen LogP contribution in [0.3, 0.4) is 0 Å². The van der Waals surface area contributed by atoms with Gasteiger partial charge >= 0.3 is 12.1 Å². The summed E-state index contributed by atoms with van der Waals surface area (Å²) in [7, 11) is 1.44. The SMILES string of the molecule is CCCNc1c(-c2cccc(C(F)(F)F)c2)nn(C)c1C(=O)O. The molecule has 0 unspecified atom stereocenters. The van der Waals surface area contributed by atoms with E-state index in [9.17, 15) is 23.1 Å². The molecule has 1 heterocycles. The molecule has 0 fully saturated rings. The quantitative estimate of drug-likeness (QED) is 0.880. The van der Waals surface area contributed by atoms with Gasteiger partial charge in [0.25, 0.3) is 0 Å². The summed E-state index contributed by atoms with van der Waals surface area (Å²) in [6.45, 7) is 2.38. The van der Waals surface area contributed by atoms with Crippen molar-refractivity contribution in [3.8, 4) is 11.3 Å². The van der Waals surface area contributed by atoms with E-state index in [0.717, 1.165) is 23.2 Å². The lowest BCUT2D eigenvalue weighted by Gasteiger charge is -2.10. The molecule has 0 radical (unpaired) electrons. The molecule has 0 bridgehead atoms. The van der Waals surface area contributed by atoms with Crippen molar-refractivity contribution >= 4 is 11.7 Å². The maximum Gasteiger partial charge on any atom is 0.416 e. The summed E-state index contributed by atoms with van der Waals surface area (Å²) in [5.41, 5.74) is -0.281. The Kier molecular flexibility index (Phi) is 4.63. The van der Waals surface area contributed by atoms with Gasteiger partial charge < -0.3 is 10.4 Å². The van der Waals surface area contributed by atoms with Crippen LogP contribution in [0.5, 0.6) is 0 Å². The van der Waals surface area contributed by atoms with Gasteiger partial charge in [-0.05, 0) is 18.6 Å². The first-order valence-corrected chi connectivity index (χ1v) is 6.97. The standard InChI is InChI=1S/C15H16F3N3O2/c1-3-7-19-12-11(20-21(2)13(12)14(22)23)9-5-4-6-10(8-9)15(16,17)18/h4-6,8,19H,3,7H2,1-2H3,(H,22,23). The molecular weight excluding hydrogens is 311 g/mol. The number of carboxylic acid groups (broad SMARTS) is 1. The average molecular weight is 327 g/mol. The van der Waals surface area contributed by atoms with Gasteiger partial charge in [-0.3, -0.25) is 4.68 Å². The van der Waals surface area contributed by atoms with Gasteiger partial charge in [0, 0.05) is 19.2 Å². The van der Waals surface area contributed by atoms with E-state index in [2.05, 4.69) is 10.4 Å². The third kappa shape index (κ3) is 3.46. The molecule has 2 rings (SSSR count). The molecule has 0 aliphatic carbocycles. The summed E-state index contributed by atoms with van der Waals surface area (Å²) >= 11 is 0. The Bertz CT molecular complexity index is 723. The Hall–Kier alpha value is -2.51. The Labute approximate surface area is 130 Å². The fourth-order valence-electron chi connectivity index (χ4n) is 2.23.